The van der Waals surface area contributed by atoms with Crippen molar-refractivity contribution in [3.05, 3.63) is 114 Å². The van der Waals surface area contributed by atoms with Crippen molar-refractivity contribution < 1.29 is 13.2 Å². The van der Waals surface area contributed by atoms with Crippen LogP contribution in [0.15, 0.2) is 101 Å². The number of fused-ring (bicyclic) bond motifs is 1. The van der Waals surface area contributed by atoms with Gasteiger partial charge in [0.15, 0.2) is 5.84 Å². The van der Waals surface area contributed by atoms with E-state index < -0.39 is 10.0 Å². The van der Waals surface area contributed by atoms with Crippen LogP contribution in [0.4, 0.5) is 5.69 Å². The van der Waals surface area contributed by atoms with Gasteiger partial charge in [0, 0.05) is 35.8 Å². The van der Waals surface area contributed by atoms with E-state index in [1.54, 1.807) is 48.7 Å². The van der Waals surface area contributed by atoms with Crippen LogP contribution in [0.5, 0.6) is 0 Å². The van der Waals surface area contributed by atoms with Crippen LogP contribution in [0.3, 0.4) is 0 Å². The Bertz CT molecular complexity index is 1480. The van der Waals surface area contributed by atoms with E-state index >= 15 is 0 Å². The van der Waals surface area contributed by atoms with Gasteiger partial charge in [0.1, 0.15) is 4.90 Å². The Labute approximate surface area is 197 Å². The molecule has 1 amide bonds. The van der Waals surface area contributed by atoms with Gasteiger partial charge >= 0.3 is 0 Å². The van der Waals surface area contributed by atoms with Crippen molar-refractivity contribution >= 4 is 27.5 Å². The van der Waals surface area contributed by atoms with E-state index in [1.807, 2.05) is 41.2 Å². The highest BCUT2D eigenvalue weighted by atomic mass is 32.2. The third kappa shape index (κ3) is 4.46. The first-order chi connectivity index (χ1) is 16.5. The number of hydrogen-bond acceptors (Lipinski definition) is 5. The summed E-state index contributed by atoms with van der Waals surface area (Å²) in [6.07, 6.45) is 3.63. The van der Waals surface area contributed by atoms with Crippen LogP contribution < -0.4 is 10.6 Å². The average molecular weight is 472 g/mol. The summed E-state index contributed by atoms with van der Waals surface area (Å²) in [5.41, 5.74) is 3.75. The maximum absolute atomic E-state index is 12.7. The first-order valence-electron chi connectivity index (χ1n) is 10.6. The molecule has 0 radical (unpaired) electrons. The molecule has 4 aromatic rings. The first kappa shape index (κ1) is 21.6. The number of nitrogens with zero attached hydrogens (tertiary/aromatic N) is 3. The third-order valence-corrected chi connectivity index (χ3v) is 6.83. The molecule has 8 nitrogen and oxygen atoms in total. The molecular formula is C25H21N5O3S. The smallest absolute Gasteiger partial charge is 0.285 e. The first-order valence-corrected chi connectivity index (χ1v) is 12.1. The topological polar surface area (TPSA) is 105 Å². The number of anilines is 1. The Morgan fingerprint density at radius 2 is 1.62 bits per heavy atom. The van der Waals surface area contributed by atoms with Crippen molar-refractivity contribution in [1.82, 2.24) is 15.1 Å². The Hall–Kier alpha value is -4.24. The fourth-order valence-corrected chi connectivity index (χ4v) is 4.94. The largest absolute Gasteiger partial charge is 0.348 e. The molecule has 0 unspecified atom stereocenters. The quantitative estimate of drug-likeness (QED) is 0.448. The van der Waals surface area contributed by atoms with E-state index in [1.165, 1.54) is 6.07 Å². The molecule has 0 fully saturated rings. The van der Waals surface area contributed by atoms with E-state index in [2.05, 4.69) is 20.1 Å². The number of amidine groups is 1. The molecule has 170 valence electrons. The molecule has 1 aliphatic heterocycles. The minimum atomic E-state index is -3.69. The van der Waals surface area contributed by atoms with Crippen LogP contribution in [0.1, 0.15) is 27.0 Å². The van der Waals surface area contributed by atoms with Crippen molar-refractivity contribution in [3.8, 4) is 0 Å². The van der Waals surface area contributed by atoms with E-state index in [0.29, 0.717) is 29.9 Å². The van der Waals surface area contributed by atoms with Gasteiger partial charge in [-0.2, -0.15) is 13.5 Å². The average Bonchev–Trinajstić information content (AvgIpc) is 3.45. The normalized spacial score (nSPS) is 13.7. The molecule has 2 heterocycles. The van der Waals surface area contributed by atoms with Gasteiger partial charge in [-0.3, -0.25) is 9.48 Å². The van der Waals surface area contributed by atoms with Gasteiger partial charge in [-0.05, 0) is 53.6 Å². The van der Waals surface area contributed by atoms with Crippen LogP contribution in [-0.4, -0.2) is 29.9 Å². The zero-order valence-electron chi connectivity index (χ0n) is 18.0. The molecule has 5 rings (SSSR count). The molecular weight excluding hydrogens is 450 g/mol. The number of benzene rings is 3. The van der Waals surface area contributed by atoms with Crippen molar-refractivity contribution in [3.63, 3.8) is 0 Å². The Balaban J connectivity index is 1.24. The number of carbonyl (C=O) groups excluding carboxylic acids is 1. The summed E-state index contributed by atoms with van der Waals surface area (Å²) in [5.74, 6) is 0.0631. The predicted molar refractivity (Wildman–Crippen MR) is 129 cm³/mol. The number of hydrogen-bond donors (Lipinski definition) is 2. The number of nitrogens with one attached hydrogen (secondary N) is 2. The lowest BCUT2D eigenvalue weighted by atomic mass is 10.1. The van der Waals surface area contributed by atoms with Gasteiger partial charge < -0.3 is 10.6 Å². The SMILES string of the molecule is O=C(NCc1ccccc1Cn1cccn1)c1ccc(NC2=NS(=O)(=O)c3ccccc32)cc1. The highest BCUT2D eigenvalue weighted by Crippen LogP contribution is 2.26. The molecule has 0 bridgehead atoms. The van der Waals surface area contributed by atoms with Crippen molar-refractivity contribution in [2.45, 2.75) is 18.0 Å². The second-order valence-electron chi connectivity index (χ2n) is 7.77. The molecule has 0 saturated carbocycles. The Morgan fingerprint density at radius 3 is 2.38 bits per heavy atom. The van der Waals surface area contributed by atoms with Crippen LogP contribution in [0.2, 0.25) is 0 Å². The molecule has 9 heteroatoms. The van der Waals surface area contributed by atoms with Crippen LogP contribution >= 0.6 is 0 Å². The monoisotopic (exact) mass is 471 g/mol. The van der Waals surface area contributed by atoms with Crippen LogP contribution in [-0.2, 0) is 23.1 Å². The molecule has 0 saturated heterocycles. The summed E-state index contributed by atoms with van der Waals surface area (Å²) in [7, 11) is -3.69. The molecule has 34 heavy (non-hydrogen) atoms. The summed E-state index contributed by atoms with van der Waals surface area (Å²) in [4.78, 5) is 12.9. The number of amides is 1. The minimum Gasteiger partial charge on any atom is -0.348 e. The fourth-order valence-electron chi connectivity index (χ4n) is 3.77. The lowest BCUT2D eigenvalue weighted by molar-refractivity contribution is 0.0951. The van der Waals surface area contributed by atoms with Crippen molar-refractivity contribution in [2.75, 3.05) is 5.32 Å². The zero-order chi connectivity index (χ0) is 23.5. The van der Waals surface area contributed by atoms with Gasteiger partial charge in [-0.1, -0.05) is 36.4 Å². The standard InChI is InChI=1S/C25H21N5O3S/c31-25(26-16-19-6-1-2-7-20(19)17-30-15-5-14-27-30)18-10-12-21(13-11-18)28-24-22-8-3-4-9-23(22)34(32,33)29-24/h1-15H,16-17H2,(H,26,31)(H,28,29). The van der Waals surface area contributed by atoms with E-state index in [0.717, 1.165) is 11.1 Å². The molecule has 0 atom stereocenters. The maximum atomic E-state index is 12.7. The summed E-state index contributed by atoms with van der Waals surface area (Å²) >= 11 is 0. The van der Waals surface area contributed by atoms with Gasteiger partial charge in [0.05, 0.1) is 6.54 Å². The lowest BCUT2D eigenvalue weighted by Crippen LogP contribution is -2.23. The Morgan fingerprint density at radius 1 is 0.882 bits per heavy atom. The zero-order valence-corrected chi connectivity index (χ0v) is 18.9. The predicted octanol–water partition coefficient (Wildman–Crippen LogP) is 3.42. The second-order valence-corrected chi connectivity index (χ2v) is 9.34. The molecule has 2 N–H and O–H groups in total. The molecule has 0 aliphatic carbocycles. The molecule has 0 spiro atoms. The van der Waals surface area contributed by atoms with Gasteiger partial charge in [-0.25, -0.2) is 0 Å². The molecule has 3 aromatic carbocycles. The third-order valence-electron chi connectivity index (χ3n) is 5.49. The van der Waals surface area contributed by atoms with E-state index in [4.69, 9.17) is 0 Å². The second kappa shape index (κ2) is 8.95. The minimum absolute atomic E-state index is 0.182. The highest BCUT2D eigenvalue weighted by molar-refractivity contribution is 7.90. The number of aromatic nitrogens is 2. The maximum Gasteiger partial charge on any atom is 0.285 e. The Kier molecular flexibility index (Phi) is 5.69. The molecule has 1 aromatic heterocycles. The number of rotatable bonds is 6. The lowest BCUT2D eigenvalue weighted by Gasteiger charge is -2.12. The van der Waals surface area contributed by atoms with Gasteiger partial charge in [-0.15, -0.1) is 4.40 Å². The number of sulfonamides is 1. The summed E-state index contributed by atoms with van der Waals surface area (Å²) < 4.78 is 30.1. The van der Waals surface area contributed by atoms with Gasteiger partial charge in [0.25, 0.3) is 15.9 Å². The van der Waals surface area contributed by atoms with Gasteiger partial charge in [0.2, 0.25) is 0 Å². The van der Waals surface area contributed by atoms with E-state index in [9.17, 15) is 13.2 Å². The highest BCUT2D eigenvalue weighted by Gasteiger charge is 2.28. The fraction of sp³-hybridized carbons (Fsp3) is 0.0800. The number of carbonyl (C=O) groups is 1. The van der Waals surface area contributed by atoms with Crippen LogP contribution in [0.25, 0.3) is 0 Å². The summed E-state index contributed by atoms with van der Waals surface area (Å²) in [6.45, 7) is 1.02. The van der Waals surface area contributed by atoms with E-state index in [-0.39, 0.29) is 16.6 Å². The summed E-state index contributed by atoms with van der Waals surface area (Å²) in [6, 6.07) is 23.3. The van der Waals surface area contributed by atoms with Crippen molar-refractivity contribution in [2.24, 2.45) is 4.40 Å². The summed E-state index contributed by atoms with van der Waals surface area (Å²) in [5, 5.41) is 10.2. The molecule has 1 aliphatic rings. The van der Waals surface area contributed by atoms with Crippen molar-refractivity contribution in [1.29, 1.82) is 0 Å². The van der Waals surface area contributed by atoms with Crippen LogP contribution in [0, 0.1) is 0 Å².